The Balaban J connectivity index is 1.94. The molecule has 0 spiro atoms. The lowest BCUT2D eigenvalue weighted by Crippen LogP contribution is -2.41. The van der Waals surface area contributed by atoms with Crippen LogP contribution in [0.1, 0.15) is 26.7 Å². The molecule has 21 heavy (non-hydrogen) atoms. The molecule has 1 saturated carbocycles. The number of hydrogen-bond acceptors (Lipinski definition) is 6. The van der Waals surface area contributed by atoms with Gasteiger partial charge in [-0.2, -0.15) is 0 Å². The van der Waals surface area contributed by atoms with E-state index in [0.29, 0.717) is 25.1 Å². The van der Waals surface area contributed by atoms with Gasteiger partial charge in [0.15, 0.2) is 0 Å². The molecule has 1 fully saturated rings. The molecule has 1 heterocycles. The topological polar surface area (TPSA) is 87.2 Å². The number of likely N-dealkylation sites (N-methyl/N-ethyl adjacent to an activating group) is 1. The molecule has 1 aromatic heterocycles. The van der Waals surface area contributed by atoms with Gasteiger partial charge in [-0.05, 0) is 33.7 Å². The fraction of sp³-hybridized carbons (Fsp3) is 0.692. The minimum absolute atomic E-state index is 0.0884. The van der Waals surface area contributed by atoms with E-state index in [2.05, 4.69) is 24.9 Å². The Hall–Kier alpha value is -1.25. The zero-order chi connectivity index (χ0) is 15.5. The van der Waals surface area contributed by atoms with Crippen molar-refractivity contribution in [2.24, 2.45) is 0 Å². The second kappa shape index (κ2) is 6.67. The van der Waals surface area contributed by atoms with Crippen molar-refractivity contribution in [3.8, 4) is 0 Å². The van der Waals surface area contributed by atoms with Crippen molar-refractivity contribution < 1.29 is 8.42 Å². The van der Waals surface area contributed by atoms with Crippen molar-refractivity contribution in [3.05, 3.63) is 12.4 Å². The number of nitrogens with zero attached hydrogens (tertiary/aromatic N) is 3. The first-order valence-electron chi connectivity index (χ1n) is 7.21. The van der Waals surface area contributed by atoms with Crippen LogP contribution >= 0.6 is 0 Å². The highest BCUT2D eigenvalue weighted by Crippen LogP contribution is 2.26. The van der Waals surface area contributed by atoms with Gasteiger partial charge in [-0.3, -0.25) is 4.90 Å². The SMILES string of the molecule is CCNc1ncc(S(=O)(=O)NCC(C)N(C)C2CC2)cn1. The van der Waals surface area contributed by atoms with Crippen LogP contribution in [0.2, 0.25) is 0 Å². The van der Waals surface area contributed by atoms with Gasteiger partial charge in [0.1, 0.15) is 4.90 Å². The number of sulfonamides is 1. The van der Waals surface area contributed by atoms with Gasteiger partial charge in [0.2, 0.25) is 16.0 Å². The second-order valence-electron chi connectivity index (χ2n) is 5.37. The molecule has 7 nitrogen and oxygen atoms in total. The molecule has 118 valence electrons. The third-order valence-electron chi connectivity index (χ3n) is 3.66. The van der Waals surface area contributed by atoms with Crippen molar-refractivity contribution in [1.29, 1.82) is 0 Å². The summed E-state index contributed by atoms with van der Waals surface area (Å²) in [6, 6.07) is 0.765. The first kappa shape index (κ1) is 16.1. The van der Waals surface area contributed by atoms with Gasteiger partial charge in [-0.25, -0.2) is 23.1 Å². The number of rotatable bonds is 8. The molecule has 1 atom stereocenters. The lowest BCUT2D eigenvalue weighted by atomic mass is 10.3. The predicted molar refractivity (Wildman–Crippen MR) is 81.6 cm³/mol. The van der Waals surface area contributed by atoms with E-state index in [1.54, 1.807) is 0 Å². The third kappa shape index (κ3) is 4.36. The lowest BCUT2D eigenvalue weighted by Gasteiger charge is -2.24. The Labute approximate surface area is 126 Å². The van der Waals surface area contributed by atoms with Gasteiger partial charge in [0.05, 0.1) is 12.4 Å². The summed E-state index contributed by atoms with van der Waals surface area (Å²) in [5, 5.41) is 2.93. The summed E-state index contributed by atoms with van der Waals surface area (Å²) in [4.78, 5) is 10.3. The lowest BCUT2D eigenvalue weighted by molar-refractivity contribution is 0.248. The molecular formula is C13H23N5O2S. The standard InChI is InChI=1S/C13H23N5O2S/c1-4-14-13-15-8-12(9-16-13)21(19,20)17-7-10(2)18(3)11-5-6-11/h8-11,17H,4-7H2,1-3H3,(H,14,15,16). The van der Waals surface area contributed by atoms with Gasteiger partial charge in [-0.1, -0.05) is 0 Å². The molecule has 1 aliphatic carbocycles. The van der Waals surface area contributed by atoms with E-state index in [1.165, 1.54) is 25.2 Å². The molecule has 0 amide bonds. The van der Waals surface area contributed by atoms with Crippen LogP contribution in [0.4, 0.5) is 5.95 Å². The summed E-state index contributed by atoms with van der Waals surface area (Å²) in [6.07, 6.45) is 5.05. The van der Waals surface area contributed by atoms with Crippen LogP contribution in [-0.2, 0) is 10.0 Å². The maximum Gasteiger partial charge on any atom is 0.243 e. The Kier molecular flexibility index (Phi) is 5.13. The molecule has 1 aromatic rings. The summed E-state index contributed by atoms with van der Waals surface area (Å²) in [5.41, 5.74) is 0. The van der Waals surface area contributed by atoms with Crippen LogP contribution in [0.5, 0.6) is 0 Å². The Morgan fingerprint density at radius 3 is 2.52 bits per heavy atom. The zero-order valence-electron chi connectivity index (χ0n) is 12.7. The molecule has 1 aliphatic rings. The number of anilines is 1. The van der Waals surface area contributed by atoms with Gasteiger partial charge >= 0.3 is 0 Å². The summed E-state index contributed by atoms with van der Waals surface area (Å²) in [7, 11) is -1.52. The van der Waals surface area contributed by atoms with E-state index in [-0.39, 0.29) is 10.9 Å². The van der Waals surface area contributed by atoms with Gasteiger partial charge in [0.25, 0.3) is 0 Å². The zero-order valence-corrected chi connectivity index (χ0v) is 13.5. The second-order valence-corrected chi connectivity index (χ2v) is 7.14. The highest BCUT2D eigenvalue weighted by atomic mass is 32.2. The molecule has 1 unspecified atom stereocenters. The summed E-state index contributed by atoms with van der Waals surface area (Å²) in [6.45, 7) is 5.01. The van der Waals surface area contributed by atoms with E-state index >= 15 is 0 Å². The summed E-state index contributed by atoms with van der Waals surface area (Å²) >= 11 is 0. The monoisotopic (exact) mass is 313 g/mol. The van der Waals surface area contributed by atoms with E-state index in [4.69, 9.17) is 0 Å². The largest absolute Gasteiger partial charge is 0.355 e. The van der Waals surface area contributed by atoms with E-state index in [1.807, 2.05) is 20.9 Å². The smallest absolute Gasteiger partial charge is 0.243 e. The Morgan fingerprint density at radius 2 is 2.00 bits per heavy atom. The normalized spacial score (nSPS) is 17.0. The van der Waals surface area contributed by atoms with Crippen molar-refractivity contribution in [2.45, 2.75) is 43.7 Å². The Bertz CT molecular complexity index is 556. The summed E-state index contributed by atoms with van der Waals surface area (Å²) < 4.78 is 27.0. The quantitative estimate of drug-likeness (QED) is 0.733. The Morgan fingerprint density at radius 1 is 1.38 bits per heavy atom. The highest BCUT2D eigenvalue weighted by Gasteiger charge is 2.29. The minimum atomic E-state index is -3.56. The first-order chi connectivity index (χ1) is 9.94. The predicted octanol–water partition coefficient (Wildman–Crippen LogP) is 0.669. The molecule has 0 aromatic carbocycles. The van der Waals surface area contributed by atoms with Gasteiger partial charge in [-0.15, -0.1) is 0 Å². The van der Waals surface area contributed by atoms with Crippen molar-refractivity contribution >= 4 is 16.0 Å². The molecular weight excluding hydrogens is 290 g/mol. The fourth-order valence-corrected chi connectivity index (χ4v) is 3.01. The van der Waals surface area contributed by atoms with Crippen LogP contribution < -0.4 is 10.0 Å². The molecule has 2 N–H and O–H groups in total. The van der Waals surface area contributed by atoms with Crippen LogP contribution in [0.15, 0.2) is 17.3 Å². The number of nitrogens with one attached hydrogen (secondary N) is 2. The molecule has 0 saturated heterocycles. The average molecular weight is 313 g/mol. The van der Waals surface area contributed by atoms with Crippen molar-refractivity contribution in [1.82, 2.24) is 19.6 Å². The molecule has 0 aliphatic heterocycles. The van der Waals surface area contributed by atoms with E-state index < -0.39 is 10.0 Å². The van der Waals surface area contributed by atoms with Crippen LogP contribution in [0, 0.1) is 0 Å². The van der Waals surface area contributed by atoms with E-state index in [9.17, 15) is 8.42 Å². The molecule has 0 bridgehead atoms. The molecule has 8 heteroatoms. The fourth-order valence-electron chi connectivity index (χ4n) is 2.00. The van der Waals surface area contributed by atoms with Gasteiger partial charge < -0.3 is 5.32 Å². The van der Waals surface area contributed by atoms with Crippen LogP contribution in [-0.4, -0.2) is 55.5 Å². The average Bonchev–Trinajstić information content (AvgIpc) is 3.29. The van der Waals surface area contributed by atoms with Gasteiger partial charge in [0, 0.05) is 25.2 Å². The molecule has 0 radical (unpaired) electrons. The highest BCUT2D eigenvalue weighted by molar-refractivity contribution is 7.89. The maximum atomic E-state index is 12.2. The van der Waals surface area contributed by atoms with Crippen LogP contribution in [0.25, 0.3) is 0 Å². The first-order valence-corrected chi connectivity index (χ1v) is 8.70. The van der Waals surface area contributed by atoms with Crippen molar-refractivity contribution in [2.75, 3.05) is 25.5 Å². The van der Waals surface area contributed by atoms with E-state index in [0.717, 1.165) is 0 Å². The van der Waals surface area contributed by atoms with Crippen LogP contribution in [0.3, 0.4) is 0 Å². The maximum absolute atomic E-state index is 12.2. The third-order valence-corrected chi connectivity index (χ3v) is 5.04. The van der Waals surface area contributed by atoms with Crippen molar-refractivity contribution in [3.63, 3.8) is 0 Å². The molecule has 2 rings (SSSR count). The minimum Gasteiger partial charge on any atom is -0.355 e. The number of hydrogen-bond donors (Lipinski definition) is 2. The number of aromatic nitrogens is 2. The summed E-state index contributed by atoms with van der Waals surface area (Å²) in [5.74, 6) is 0.429.